The highest BCUT2D eigenvalue weighted by Crippen LogP contribution is 2.30. The average Bonchev–Trinajstić information content (AvgIpc) is 2.88. The fraction of sp³-hybridized carbons (Fsp3) is 0.636. The van der Waals surface area contributed by atoms with Crippen molar-refractivity contribution < 1.29 is 4.74 Å². The summed E-state index contributed by atoms with van der Waals surface area (Å²) in [6.07, 6.45) is 5.44. The molecule has 2 heterocycles. The first kappa shape index (κ1) is 9.09. The van der Waals surface area contributed by atoms with Gasteiger partial charge in [0.25, 0.3) is 0 Å². The molecule has 1 fully saturated rings. The predicted molar refractivity (Wildman–Crippen MR) is 56.4 cm³/mol. The van der Waals surface area contributed by atoms with Crippen molar-refractivity contribution in [2.24, 2.45) is 0 Å². The number of fused-ring (bicyclic) bond motifs is 1. The summed E-state index contributed by atoms with van der Waals surface area (Å²) >= 11 is 0. The fourth-order valence-electron chi connectivity index (χ4n) is 2.41. The van der Waals surface area contributed by atoms with E-state index in [0.717, 1.165) is 55.8 Å². The number of aryl methyl sites for hydroxylation is 1. The second kappa shape index (κ2) is 3.45. The highest BCUT2D eigenvalue weighted by Gasteiger charge is 2.24. The minimum absolute atomic E-state index is 0.0817. The Morgan fingerprint density at radius 3 is 2.93 bits per heavy atom. The standard InChI is InChI=1S/C11H15N3O/c12-10-7-3-1-4-8(7)13-11(14-10)9-5-2-6-15-9/h9H,1-6H2,(H2,12,13,14). The molecule has 3 rings (SSSR count). The van der Waals surface area contributed by atoms with Gasteiger partial charge in [0.1, 0.15) is 11.9 Å². The van der Waals surface area contributed by atoms with Crippen molar-refractivity contribution in [1.29, 1.82) is 0 Å². The van der Waals surface area contributed by atoms with Crippen molar-refractivity contribution in [2.75, 3.05) is 12.3 Å². The molecule has 4 nitrogen and oxygen atoms in total. The number of hydrogen-bond donors (Lipinski definition) is 1. The number of hydrogen-bond acceptors (Lipinski definition) is 4. The summed E-state index contributed by atoms with van der Waals surface area (Å²) < 4.78 is 5.57. The molecule has 1 aliphatic heterocycles. The van der Waals surface area contributed by atoms with Crippen LogP contribution in [0.25, 0.3) is 0 Å². The van der Waals surface area contributed by atoms with Gasteiger partial charge < -0.3 is 10.5 Å². The summed E-state index contributed by atoms with van der Waals surface area (Å²) in [5.41, 5.74) is 8.24. The fourth-order valence-corrected chi connectivity index (χ4v) is 2.41. The van der Waals surface area contributed by atoms with Crippen molar-refractivity contribution in [3.05, 3.63) is 17.1 Å². The molecule has 0 aromatic carbocycles. The van der Waals surface area contributed by atoms with Gasteiger partial charge in [0.05, 0.1) is 0 Å². The third-order valence-electron chi connectivity index (χ3n) is 3.20. The van der Waals surface area contributed by atoms with E-state index in [2.05, 4.69) is 9.97 Å². The van der Waals surface area contributed by atoms with Gasteiger partial charge in [-0.15, -0.1) is 0 Å². The zero-order valence-electron chi connectivity index (χ0n) is 8.70. The van der Waals surface area contributed by atoms with E-state index in [1.807, 2.05) is 0 Å². The van der Waals surface area contributed by atoms with Crippen LogP contribution in [-0.2, 0) is 17.6 Å². The number of nitrogen functional groups attached to an aromatic ring is 1. The van der Waals surface area contributed by atoms with E-state index in [9.17, 15) is 0 Å². The van der Waals surface area contributed by atoms with Gasteiger partial charge in [0, 0.05) is 17.9 Å². The monoisotopic (exact) mass is 205 g/mol. The Labute approximate surface area is 88.9 Å². The van der Waals surface area contributed by atoms with Crippen LogP contribution in [0, 0.1) is 0 Å². The highest BCUT2D eigenvalue weighted by atomic mass is 16.5. The molecule has 1 aromatic rings. The van der Waals surface area contributed by atoms with Gasteiger partial charge in [-0.2, -0.15) is 0 Å². The van der Waals surface area contributed by atoms with Gasteiger partial charge in [-0.3, -0.25) is 0 Å². The quantitative estimate of drug-likeness (QED) is 0.752. The van der Waals surface area contributed by atoms with Crippen molar-refractivity contribution in [1.82, 2.24) is 9.97 Å². The van der Waals surface area contributed by atoms with E-state index in [1.165, 1.54) is 0 Å². The molecule has 2 aliphatic rings. The average molecular weight is 205 g/mol. The number of nitrogens with two attached hydrogens (primary N) is 1. The van der Waals surface area contributed by atoms with E-state index < -0.39 is 0 Å². The summed E-state index contributed by atoms with van der Waals surface area (Å²) in [4.78, 5) is 8.95. The van der Waals surface area contributed by atoms with Crippen LogP contribution in [0.2, 0.25) is 0 Å². The van der Waals surface area contributed by atoms with Crippen LogP contribution >= 0.6 is 0 Å². The molecule has 0 saturated carbocycles. The smallest absolute Gasteiger partial charge is 0.159 e. The minimum atomic E-state index is 0.0817. The Balaban J connectivity index is 1.99. The van der Waals surface area contributed by atoms with Crippen LogP contribution in [-0.4, -0.2) is 16.6 Å². The van der Waals surface area contributed by atoms with E-state index >= 15 is 0 Å². The molecule has 0 radical (unpaired) electrons. The first-order valence-corrected chi connectivity index (χ1v) is 5.61. The molecule has 0 bridgehead atoms. The van der Waals surface area contributed by atoms with Crippen LogP contribution in [0.5, 0.6) is 0 Å². The summed E-state index contributed by atoms with van der Waals surface area (Å²) in [6.45, 7) is 0.824. The molecule has 1 atom stereocenters. The summed E-state index contributed by atoms with van der Waals surface area (Å²) in [6, 6.07) is 0. The molecule has 15 heavy (non-hydrogen) atoms. The lowest BCUT2D eigenvalue weighted by Crippen LogP contribution is -2.09. The number of rotatable bonds is 1. The van der Waals surface area contributed by atoms with Crippen LogP contribution in [0.3, 0.4) is 0 Å². The van der Waals surface area contributed by atoms with Crippen LogP contribution in [0.4, 0.5) is 5.82 Å². The van der Waals surface area contributed by atoms with Crippen molar-refractivity contribution >= 4 is 5.82 Å². The van der Waals surface area contributed by atoms with Gasteiger partial charge in [-0.1, -0.05) is 0 Å². The molecule has 0 amide bonds. The normalized spacial score (nSPS) is 24.4. The Morgan fingerprint density at radius 2 is 2.13 bits per heavy atom. The van der Waals surface area contributed by atoms with E-state index in [1.54, 1.807) is 0 Å². The third kappa shape index (κ3) is 1.49. The lowest BCUT2D eigenvalue weighted by molar-refractivity contribution is 0.105. The SMILES string of the molecule is Nc1nc(C2CCCO2)nc2c1CCC2. The molecule has 1 aromatic heterocycles. The molecule has 4 heteroatoms. The number of anilines is 1. The number of aromatic nitrogens is 2. The molecule has 2 N–H and O–H groups in total. The van der Waals surface area contributed by atoms with E-state index in [0.29, 0.717) is 5.82 Å². The largest absolute Gasteiger partial charge is 0.383 e. The second-order valence-electron chi connectivity index (χ2n) is 4.25. The summed E-state index contributed by atoms with van der Waals surface area (Å²) in [5.74, 6) is 1.47. The predicted octanol–water partition coefficient (Wildman–Crippen LogP) is 1.40. The molecule has 1 saturated heterocycles. The maximum absolute atomic E-state index is 5.93. The lowest BCUT2D eigenvalue weighted by Gasteiger charge is -2.11. The second-order valence-corrected chi connectivity index (χ2v) is 4.25. The lowest BCUT2D eigenvalue weighted by atomic mass is 10.2. The maximum Gasteiger partial charge on any atom is 0.159 e. The van der Waals surface area contributed by atoms with Crippen molar-refractivity contribution in [3.63, 3.8) is 0 Å². The zero-order valence-corrected chi connectivity index (χ0v) is 8.70. The van der Waals surface area contributed by atoms with E-state index in [-0.39, 0.29) is 6.10 Å². The highest BCUT2D eigenvalue weighted by molar-refractivity contribution is 5.44. The topological polar surface area (TPSA) is 61.0 Å². The molecule has 1 aliphatic carbocycles. The van der Waals surface area contributed by atoms with Gasteiger partial charge in [-0.25, -0.2) is 9.97 Å². The van der Waals surface area contributed by atoms with Crippen LogP contribution < -0.4 is 5.73 Å². The zero-order chi connectivity index (χ0) is 10.3. The van der Waals surface area contributed by atoms with Gasteiger partial charge in [0.15, 0.2) is 5.82 Å². The van der Waals surface area contributed by atoms with Gasteiger partial charge in [-0.05, 0) is 32.1 Å². The third-order valence-corrected chi connectivity index (χ3v) is 3.20. The van der Waals surface area contributed by atoms with Gasteiger partial charge >= 0.3 is 0 Å². The summed E-state index contributed by atoms with van der Waals surface area (Å²) in [5, 5.41) is 0. The first-order chi connectivity index (χ1) is 7.34. The molecular weight excluding hydrogens is 190 g/mol. The minimum Gasteiger partial charge on any atom is -0.383 e. The van der Waals surface area contributed by atoms with Crippen LogP contribution in [0.1, 0.15) is 42.4 Å². The first-order valence-electron chi connectivity index (χ1n) is 5.61. The molecule has 1 unspecified atom stereocenters. The number of ether oxygens (including phenoxy) is 1. The molecular formula is C11H15N3O. The van der Waals surface area contributed by atoms with Crippen LogP contribution in [0.15, 0.2) is 0 Å². The molecule has 0 spiro atoms. The van der Waals surface area contributed by atoms with E-state index in [4.69, 9.17) is 10.5 Å². The summed E-state index contributed by atoms with van der Waals surface area (Å²) in [7, 11) is 0. The number of nitrogens with zero attached hydrogens (tertiary/aromatic N) is 2. The Kier molecular flexibility index (Phi) is 2.09. The van der Waals surface area contributed by atoms with Crippen molar-refractivity contribution in [3.8, 4) is 0 Å². The van der Waals surface area contributed by atoms with Gasteiger partial charge in [0.2, 0.25) is 0 Å². The Hall–Kier alpha value is -1.16. The van der Waals surface area contributed by atoms with Crippen molar-refractivity contribution in [2.45, 2.75) is 38.2 Å². The Bertz CT molecular complexity index is 386. The Morgan fingerprint density at radius 1 is 1.20 bits per heavy atom. The maximum atomic E-state index is 5.93. The molecule has 80 valence electrons.